The number of alkyl halides is 2. The molecule has 0 saturated heterocycles. The van der Waals surface area contributed by atoms with Crippen molar-refractivity contribution >= 4 is 23.6 Å². The van der Waals surface area contributed by atoms with E-state index in [0.29, 0.717) is 28.8 Å². The van der Waals surface area contributed by atoms with E-state index in [-0.39, 0.29) is 16.4 Å². The Morgan fingerprint density at radius 3 is 2.27 bits per heavy atom. The molecule has 0 spiro atoms. The average molecular weight is 380 g/mol. The SMILES string of the molecule is COc1ccc(/C=C/C(=O)c2ccc(SC(F)F)c(OC)c2)cc1OC. The van der Waals surface area contributed by atoms with Crippen molar-refractivity contribution in [1.29, 1.82) is 0 Å². The zero-order valence-electron chi connectivity index (χ0n) is 14.5. The quantitative estimate of drug-likeness (QED) is 0.369. The zero-order chi connectivity index (χ0) is 19.1. The van der Waals surface area contributed by atoms with Gasteiger partial charge in [-0.05, 0) is 42.0 Å². The first-order chi connectivity index (χ1) is 12.5. The summed E-state index contributed by atoms with van der Waals surface area (Å²) in [5.74, 6) is -1.45. The first-order valence-corrected chi connectivity index (χ1v) is 8.43. The maximum absolute atomic E-state index is 12.5. The largest absolute Gasteiger partial charge is 0.496 e. The number of hydrogen-bond acceptors (Lipinski definition) is 5. The lowest BCUT2D eigenvalue weighted by molar-refractivity contribution is 0.104. The van der Waals surface area contributed by atoms with E-state index in [9.17, 15) is 13.6 Å². The number of ketones is 1. The summed E-state index contributed by atoms with van der Waals surface area (Å²) in [4.78, 5) is 12.6. The van der Waals surface area contributed by atoms with E-state index in [0.717, 1.165) is 5.56 Å². The predicted octanol–water partition coefficient (Wildman–Crippen LogP) is 4.92. The summed E-state index contributed by atoms with van der Waals surface area (Å²) in [7, 11) is 4.45. The maximum atomic E-state index is 12.5. The van der Waals surface area contributed by atoms with Crippen molar-refractivity contribution in [2.75, 3.05) is 21.3 Å². The lowest BCUT2D eigenvalue weighted by Gasteiger charge is -2.09. The second-order valence-electron chi connectivity index (χ2n) is 5.06. The minimum absolute atomic E-state index is 0.237. The predicted molar refractivity (Wildman–Crippen MR) is 97.8 cm³/mol. The van der Waals surface area contributed by atoms with E-state index < -0.39 is 5.76 Å². The van der Waals surface area contributed by atoms with E-state index in [1.807, 2.05) is 0 Å². The molecule has 138 valence electrons. The van der Waals surface area contributed by atoms with Gasteiger partial charge >= 0.3 is 0 Å². The van der Waals surface area contributed by atoms with Gasteiger partial charge in [0, 0.05) is 5.56 Å². The molecule has 0 fully saturated rings. The van der Waals surface area contributed by atoms with Crippen molar-refractivity contribution in [3.8, 4) is 17.2 Å². The maximum Gasteiger partial charge on any atom is 0.289 e. The number of carbonyl (C=O) groups is 1. The van der Waals surface area contributed by atoms with E-state index in [1.54, 1.807) is 31.4 Å². The highest BCUT2D eigenvalue weighted by Crippen LogP contribution is 2.34. The van der Waals surface area contributed by atoms with Crippen LogP contribution in [0.3, 0.4) is 0 Å². The normalized spacial score (nSPS) is 11.0. The van der Waals surface area contributed by atoms with Crippen LogP contribution in [0.5, 0.6) is 17.2 Å². The number of carbonyl (C=O) groups excluding carboxylic acids is 1. The molecule has 0 saturated carbocycles. The van der Waals surface area contributed by atoms with Crippen molar-refractivity contribution in [3.05, 3.63) is 53.6 Å². The topological polar surface area (TPSA) is 44.8 Å². The number of allylic oxidation sites excluding steroid dienone is 1. The number of halogens is 2. The van der Waals surface area contributed by atoms with Crippen molar-refractivity contribution in [2.45, 2.75) is 10.7 Å². The number of thioether (sulfide) groups is 1. The third kappa shape index (κ3) is 4.98. The van der Waals surface area contributed by atoms with Crippen LogP contribution in [0.25, 0.3) is 6.08 Å². The Balaban J connectivity index is 2.20. The Labute approximate surface area is 154 Å². The molecule has 7 heteroatoms. The molecule has 4 nitrogen and oxygen atoms in total. The van der Waals surface area contributed by atoms with Crippen LogP contribution >= 0.6 is 11.8 Å². The van der Waals surface area contributed by atoms with Crippen LogP contribution in [-0.2, 0) is 0 Å². The minimum Gasteiger partial charge on any atom is -0.496 e. The Kier molecular flexibility index (Phi) is 7.03. The molecule has 0 heterocycles. The van der Waals surface area contributed by atoms with Gasteiger partial charge in [0.05, 0.1) is 26.2 Å². The first-order valence-electron chi connectivity index (χ1n) is 7.55. The third-order valence-electron chi connectivity index (χ3n) is 3.50. The molecule has 2 aromatic rings. The highest BCUT2D eigenvalue weighted by atomic mass is 32.2. The fraction of sp³-hybridized carbons (Fsp3) is 0.211. The third-order valence-corrected chi connectivity index (χ3v) is 4.27. The van der Waals surface area contributed by atoms with Crippen molar-refractivity contribution in [1.82, 2.24) is 0 Å². The van der Waals surface area contributed by atoms with Crippen LogP contribution < -0.4 is 14.2 Å². The second-order valence-corrected chi connectivity index (χ2v) is 6.09. The van der Waals surface area contributed by atoms with Crippen LogP contribution in [0.15, 0.2) is 47.4 Å². The number of ether oxygens (including phenoxy) is 3. The minimum atomic E-state index is -2.56. The number of rotatable bonds is 8. The van der Waals surface area contributed by atoms with Crippen LogP contribution in [0.2, 0.25) is 0 Å². The fourth-order valence-electron chi connectivity index (χ4n) is 2.24. The van der Waals surface area contributed by atoms with Gasteiger partial charge in [-0.2, -0.15) is 8.78 Å². The van der Waals surface area contributed by atoms with Gasteiger partial charge in [-0.3, -0.25) is 4.79 Å². The Hall–Kier alpha value is -2.54. The molecule has 0 aromatic heterocycles. The van der Waals surface area contributed by atoms with Crippen molar-refractivity contribution < 1.29 is 27.8 Å². The van der Waals surface area contributed by atoms with Crippen LogP contribution in [0, 0.1) is 0 Å². The Bertz CT molecular complexity index is 806. The van der Waals surface area contributed by atoms with Gasteiger partial charge in [0.1, 0.15) is 5.75 Å². The molecule has 0 aliphatic carbocycles. The lowest BCUT2D eigenvalue weighted by Crippen LogP contribution is -1.97. The van der Waals surface area contributed by atoms with E-state index in [1.165, 1.54) is 38.5 Å². The van der Waals surface area contributed by atoms with Gasteiger partial charge < -0.3 is 14.2 Å². The monoisotopic (exact) mass is 380 g/mol. The van der Waals surface area contributed by atoms with Crippen LogP contribution in [-0.4, -0.2) is 32.9 Å². The highest BCUT2D eigenvalue weighted by Gasteiger charge is 2.13. The number of benzene rings is 2. The summed E-state index contributed by atoms with van der Waals surface area (Å²) in [5, 5.41) is 0. The van der Waals surface area contributed by atoms with Crippen molar-refractivity contribution in [2.24, 2.45) is 0 Å². The summed E-state index contributed by atoms with van der Waals surface area (Å²) in [6.45, 7) is 0. The van der Waals surface area contributed by atoms with E-state index in [2.05, 4.69) is 0 Å². The molecule has 2 aromatic carbocycles. The highest BCUT2D eigenvalue weighted by molar-refractivity contribution is 7.99. The van der Waals surface area contributed by atoms with Crippen LogP contribution in [0.1, 0.15) is 15.9 Å². The lowest BCUT2D eigenvalue weighted by atomic mass is 10.1. The molecule has 0 atom stereocenters. The second kappa shape index (κ2) is 9.24. The molecule has 0 radical (unpaired) electrons. The number of hydrogen-bond donors (Lipinski definition) is 0. The Morgan fingerprint density at radius 2 is 1.65 bits per heavy atom. The molecule has 0 N–H and O–H groups in total. The van der Waals surface area contributed by atoms with Gasteiger partial charge in [-0.1, -0.05) is 23.9 Å². The number of methoxy groups -OCH3 is 3. The molecule has 2 rings (SSSR count). The standard InChI is InChI=1S/C19H18F2O4S/c1-23-15-8-5-12(10-16(15)24-2)4-7-14(22)13-6-9-18(26-19(20)21)17(11-13)25-3/h4-11,19H,1-3H3/b7-4+. The molecular formula is C19H18F2O4S. The van der Waals surface area contributed by atoms with Gasteiger partial charge in [0.2, 0.25) is 0 Å². The molecular weight excluding hydrogens is 362 g/mol. The van der Waals surface area contributed by atoms with Gasteiger partial charge in [0.25, 0.3) is 5.76 Å². The molecule has 0 aliphatic heterocycles. The summed E-state index contributed by atoms with van der Waals surface area (Å²) < 4.78 is 40.5. The summed E-state index contributed by atoms with van der Waals surface area (Å²) in [6.07, 6.45) is 3.04. The van der Waals surface area contributed by atoms with E-state index >= 15 is 0 Å². The molecule has 0 unspecified atom stereocenters. The fourth-order valence-corrected chi connectivity index (χ4v) is 2.84. The molecule has 0 aliphatic rings. The van der Waals surface area contributed by atoms with Gasteiger partial charge in [-0.15, -0.1) is 0 Å². The molecule has 26 heavy (non-hydrogen) atoms. The molecule has 0 amide bonds. The van der Waals surface area contributed by atoms with E-state index in [4.69, 9.17) is 14.2 Å². The Morgan fingerprint density at radius 1 is 0.962 bits per heavy atom. The first kappa shape index (κ1) is 19.8. The summed E-state index contributed by atoms with van der Waals surface area (Å²) >= 11 is 0.374. The van der Waals surface area contributed by atoms with Gasteiger partial charge in [0.15, 0.2) is 17.3 Å². The summed E-state index contributed by atoms with van der Waals surface area (Å²) in [6, 6.07) is 9.66. The van der Waals surface area contributed by atoms with Gasteiger partial charge in [-0.25, -0.2) is 0 Å². The smallest absolute Gasteiger partial charge is 0.289 e. The molecule has 0 bridgehead atoms. The average Bonchev–Trinajstić information content (AvgIpc) is 2.65. The zero-order valence-corrected chi connectivity index (χ0v) is 15.3. The summed E-state index contributed by atoms with van der Waals surface area (Å²) in [5.41, 5.74) is 1.10. The van der Waals surface area contributed by atoms with Crippen LogP contribution in [0.4, 0.5) is 8.78 Å². The van der Waals surface area contributed by atoms with Crippen molar-refractivity contribution in [3.63, 3.8) is 0 Å².